The molecule has 0 unspecified atom stereocenters. The van der Waals surface area contributed by atoms with Crippen molar-refractivity contribution >= 4 is 43.1 Å². The van der Waals surface area contributed by atoms with Crippen molar-refractivity contribution in [3.63, 3.8) is 0 Å². The molecule has 17 heavy (non-hydrogen) atoms. The summed E-state index contributed by atoms with van der Waals surface area (Å²) in [5.74, 6) is 0. The molecule has 0 radical (unpaired) electrons. The number of aryl methyl sites for hydroxylation is 1. The predicted molar refractivity (Wildman–Crippen MR) is 82.4 cm³/mol. The van der Waals surface area contributed by atoms with Crippen molar-refractivity contribution in [1.82, 2.24) is 9.55 Å². The van der Waals surface area contributed by atoms with Crippen LogP contribution in [0.25, 0.3) is 11.0 Å². The molecule has 0 amide bonds. The maximum atomic E-state index is 5.65. The maximum Gasteiger partial charge on any atom is 0.124 e. The average Bonchev–Trinajstić information content (AvgIpc) is 2.73. The second-order valence-corrected chi connectivity index (χ2v) is 6.96. The van der Waals surface area contributed by atoms with Crippen LogP contribution in [0.3, 0.4) is 0 Å². The summed E-state index contributed by atoms with van der Waals surface area (Å²) in [6.45, 7) is 5.92. The van der Waals surface area contributed by atoms with Crippen molar-refractivity contribution in [1.29, 1.82) is 0 Å². The van der Waals surface area contributed by atoms with E-state index in [0.717, 1.165) is 17.6 Å². The molecule has 3 nitrogen and oxygen atoms in total. The van der Waals surface area contributed by atoms with Crippen LogP contribution < -0.4 is 0 Å². The van der Waals surface area contributed by atoms with Crippen molar-refractivity contribution in [2.75, 3.05) is 6.61 Å². The first kappa shape index (κ1) is 13.0. The minimum atomic E-state index is 0.123. The largest absolute Gasteiger partial charge is 0.361 e. The summed E-state index contributed by atoms with van der Waals surface area (Å²) < 4.78 is 8.97. The van der Waals surface area contributed by atoms with Crippen LogP contribution in [0.5, 0.6) is 0 Å². The molecule has 1 aromatic carbocycles. The van der Waals surface area contributed by atoms with E-state index in [4.69, 9.17) is 4.74 Å². The van der Waals surface area contributed by atoms with Crippen LogP contribution in [0, 0.1) is 10.5 Å². The molecule has 0 aliphatic carbocycles. The Labute approximate surface area is 118 Å². The van der Waals surface area contributed by atoms with Gasteiger partial charge in [-0.3, -0.25) is 0 Å². The van der Waals surface area contributed by atoms with Crippen molar-refractivity contribution in [2.24, 2.45) is 0 Å². The Kier molecular flexibility index (Phi) is 4.58. The number of hydrogen-bond acceptors (Lipinski definition) is 2. The molecular formula is C12H17IN2OSi. The second-order valence-electron chi connectivity index (χ2n) is 4.17. The van der Waals surface area contributed by atoms with Crippen LogP contribution in [0.1, 0.15) is 5.56 Å². The average molecular weight is 360 g/mol. The Hall–Kier alpha value is -0.403. The molecule has 2 aromatic rings. The Morgan fingerprint density at radius 3 is 3.06 bits per heavy atom. The summed E-state index contributed by atoms with van der Waals surface area (Å²) in [5.41, 5.74) is 3.52. The third-order valence-corrected chi connectivity index (χ3v) is 5.15. The van der Waals surface area contributed by atoms with Crippen molar-refractivity contribution < 1.29 is 4.74 Å². The van der Waals surface area contributed by atoms with Gasteiger partial charge in [0.05, 0.1) is 11.8 Å². The first-order valence-corrected chi connectivity index (χ1v) is 9.41. The number of hydrogen-bond donors (Lipinski definition) is 0. The third kappa shape index (κ3) is 2.89. The number of aromatic nitrogens is 2. The second kappa shape index (κ2) is 5.97. The Balaban J connectivity index is 2.16. The van der Waals surface area contributed by atoms with Gasteiger partial charge in [0.25, 0.3) is 0 Å². The van der Waals surface area contributed by atoms with Gasteiger partial charge in [0.1, 0.15) is 12.2 Å². The van der Waals surface area contributed by atoms with E-state index in [1.54, 1.807) is 0 Å². The lowest BCUT2D eigenvalue weighted by atomic mass is 10.2. The fourth-order valence-electron chi connectivity index (χ4n) is 1.71. The molecule has 2 rings (SSSR count). The number of imidazole rings is 1. The standard InChI is InChI=1S/C12H17IN2OSi/c1-9-3-4-10-12(11(9)13)14-7-15(10)8-16-5-6-17-2/h3-4,7H,5-6,8,17H2,1-2H3. The molecule has 0 aliphatic heterocycles. The van der Waals surface area contributed by atoms with Crippen molar-refractivity contribution in [3.8, 4) is 0 Å². The molecule has 1 aromatic heterocycles. The van der Waals surface area contributed by atoms with Crippen LogP contribution in [0.15, 0.2) is 18.5 Å². The third-order valence-electron chi connectivity index (χ3n) is 2.80. The Morgan fingerprint density at radius 1 is 1.47 bits per heavy atom. The van der Waals surface area contributed by atoms with Crippen LogP contribution in [-0.4, -0.2) is 25.7 Å². The maximum absolute atomic E-state index is 5.65. The summed E-state index contributed by atoms with van der Waals surface area (Å²) in [6.07, 6.45) is 1.87. The number of halogens is 1. The topological polar surface area (TPSA) is 27.1 Å². The molecule has 5 heteroatoms. The van der Waals surface area contributed by atoms with E-state index >= 15 is 0 Å². The molecule has 0 bridgehead atoms. The molecule has 0 saturated heterocycles. The van der Waals surface area contributed by atoms with Gasteiger partial charge < -0.3 is 9.30 Å². The SMILES string of the molecule is C[SiH2]CCOCn1cnc2c(I)c(C)ccc21. The number of ether oxygens (including phenoxy) is 1. The monoisotopic (exact) mass is 360 g/mol. The van der Waals surface area contributed by atoms with Gasteiger partial charge in [0.2, 0.25) is 0 Å². The fourth-order valence-corrected chi connectivity index (χ4v) is 2.80. The highest BCUT2D eigenvalue weighted by Gasteiger charge is 2.07. The summed E-state index contributed by atoms with van der Waals surface area (Å²) in [6, 6.07) is 5.52. The number of rotatable bonds is 5. The van der Waals surface area contributed by atoms with E-state index in [1.165, 1.54) is 15.2 Å². The van der Waals surface area contributed by atoms with Crippen LogP contribution in [0.2, 0.25) is 12.6 Å². The molecule has 92 valence electrons. The van der Waals surface area contributed by atoms with Crippen molar-refractivity contribution in [2.45, 2.75) is 26.2 Å². The molecule has 0 aliphatic rings. The van der Waals surface area contributed by atoms with Gasteiger partial charge in [0, 0.05) is 19.7 Å². The zero-order chi connectivity index (χ0) is 12.3. The van der Waals surface area contributed by atoms with Gasteiger partial charge in [0.15, 0.2) is 0 Å². The summed E-state index contributed by atoms with van der Waals surface area (Å²) in [5, 5.41) is 0. The molecule has 0 spiro atoms. The minimum Gasteiger partial charge on any atom is -0.361 e. The highest BCUT2D eigenvalue weighted by Crippen LogP contribution is 2.22. The molecule has 0 N–H and O–H groups in total. The van der Waals surface area contributed by atoms with Gasteiger partial charge in [-0.05, 0) is 47.2 Å². The smallest absolute Gasteiger partial charge is 0.124 e. The molecule has 0 saturated carbocycles. The predicted octanol–water partition coefficient (Wildman–Crippen LogP) is 2.56. The van der Waals surface area contributed by atoms with Gasteiger partial charge in [-0.15, -0.1) is 0 Å². The fraction of sp³-hybridized carbons (Fsp3) is 0.417. The summed E-state index contributed by atoms with van der Waals surface area (Å²) in [4.78, 5) is 4.46. The van der Waals surface area contributed by atoms with Gasteiger partial charge in [-0.1, -0.05) is 12.6 Å². The van der Waals surface area contributed by atoms with Crippen LogP contribution in [-0.2, 0) is 11.5 Å². The van der Waals surface area contributed by atoms with E-state index in [1.807, 2.05) is 6.33 Å². The minimum absolute atomic E-state index is 0.123. The van der Waals surface area contributed by atoms with Crippen molar-refractivity contribution in [3.05, 3.63) is 27.6 Å². The molecule has 0 atom stereocenters. The first-order valence-electron chi connectivity index (χ1n) is 5.91. The lowest BCUT2D eigenvalue weighted by molar-refractivity contribution is 0.0905. The highest BCUT2D eigenvalue weighted by molar-refractivity contribution is 14.1. The van der Waals surface area contributed by atoms with E-state index < -0.39 is 0 Å². The van der Waals surface area contributed by atoms with Gasteiger partial charge in [-0.2, -0.15) is 0 Å². The zero-order valence-corrected chi connectivity index (χ0v) is 13.8. The number of nitrogens with zero attached hydrogens (tertiary/aromatic N) is 2. The normalized spacial score (nSPS) is 11.9. The van der Waals surface area contributed by atoms with E-state index in [0.29, 0.717) is 6.73 Å². The lowest BCUT2D eigenvalue weighted by Gasteiger charge is -2.06. The van der Waals surface area contributed by atoms with E-state index in [-0.39, 0.29) is 9.52 Å². The highest BCUT2D eigenvalue weighted by atomic mass is 127. The summed E-state index contributed by atoms with van der Waals surface area (Å²) >= 11 is 2.36. The van der Waals surface area contributed by atoms with E-state index in [9.17, 15) is 0 Å². The first-order chi connectivity index (χ1) is 8.24. The summed E-state index contributed by atoms with van der Waals surface area (Å²) in [7, 11) is 0.123. The van der Waals surface area contributed by atoms with E-state index in [2.05, 4.69) is 57.7 Å². The van der Waals surface area contributed by atoms with Crippen LogP contribution >= 0.6 is 22.6 Å². The Morgan fingerprint density at radius 2 is 2.29 bits per heavy atom. The van der Waals surface area contributed by atoms with Crippen LogP contribution in [0.4, 0.5) is 0 Å². The molecule has 0 fully saturated rings. The zero-order valence-electron chi connectivity index (χ0n) is 10.2. The Bertz CT molecular complexity index is 512. The number of benzene rings is 1. The lowest BCUT2D eigenvalue weighted by Crippen LogP contribution is -2.03. The molecular weight excluding hydrogens is 343 g/mol. The van der Waals surface area contributed by atoms with Gasteiger partial charge >= 0.3 is 0 Å². The number of fused-ring (bicyclic) bond motifs is 1. The van der Waals surface area contributed by atoms with Gasteiger partial charge in [-0.25, -0.2) is 4.98 Å². The molecule has 1 heterocycles. The quantitative estimate of drug-likeness (QED) is 0.466.